The predicted octanol–water partition coefficient (Wildman–Crippen LogP) is 2.98. The smallest absolute Gasteiger partial charge is 0.244 e. The molecule has 0 atom stereocenters. The number of sulfone groups is 1. The number of carbonyl (C=O) groups is 1. The molecule has 0 bridgehead atoms. The minimum atomic E-state index is -3.91. The van der Waals surface area contributed by atoms with E-state index >= 15 is 0 Å². The largest absolute Gasteiger partial charge is 0.334 e. The van der Waals surface area contributed by atoms with E-state index in [1.54, 1.807) is 0 Å². The van der Waals surface area contributed by atoms with Crippen molar-refractivity contribution in [3.05, 3.63) is 41.2 Å². The van der Waals surface area contributed by atoms with Crippen LogP contribution >= 0.6 is 11.6 Å². The summed E-state index contributed by atoms with van der Waals surface area (Å²) < 4.78 is 37.1. The van der Waals surface area contributed by atoms with Gasteiger partial charge in [-0.2, -0.15) is 0 Å². The van der Waals surface area contributed by atoms with Crippen molar-refractivity contribution in [2.24, 2.45) is 0 Å². The van der Waals surface area contributed by atoms with Gasteiger partial charge in [-0.15, -0.1) is 0 Å². The van der Waals surface area contributed by atoms with E-state index in [9.17, 15) is 17.6 Å². The lowest BCUT2D eigenvalue weighted by Crippen LogP contribution is -2.51. The van der Waals surface area contributed by atoms with Crippen molar-refractivity contribution in [3.8, 4) is 0 Å². The molecule has 4 nitrogen and oxygen atoms in total. The summed E-state index contributed by atoms with van der Waals surface area (Å²) in [4.78, 5) is 13.8. The second-order valence-electron chi connectivity index (χ2n) is 5.63. The van der Waals surface area contributed by atoms with Gasteiger partial charge in [-0.3, -0.25) is 4.79 Å². The van der Waals surface area contributed by atoms with Crippen molar-refractivity contribution in [1.29, 1.82) is 0 Å². The van der Waals surface area contributed by atoms with Gasteiger partial charge in [-0.05, 0) is 50.6 Å². The lowest BCUT2D eigenvalue weighted by atomic mass is 10.1. The fraction of sp³-hybridized carbons (Fsp3) is 0.400. The highest BCUT2D eigenvalue weighted by Gasteiger charge is 2.45. The molecule has 1 aliphatic rings. The number of nitrogens with zero attached hydrogens (tertiary/aromatic N) is 1. The van der Waals surface area contributed by atoms with Crippen LogP contribution in [0.15, 0.2) is 41.1 Å². The number of carbonyl (C=O) groups excluding carboxylic acids is 1. The van der Waals surface area contributed by atoms with Crippen LogP contribution in [0.4, 0.5) is 4.39 Å². The Bertz CT molecular complexity index is 711. The van der Waals surface area contributed by atoms with E-state index in [4.69, 9.17) is 11.6 Å². The Kier molecular flexibility index (Phi) is 4.63. The molecular weight excluding hydrogens is 329 g/mol. The Morgan fingerprint density at radius 1 is 1.27 bits per heavy atom. The maximum absolute atomic E-state index is 13.3. The quantitative estimate of drug-likeness (QED) is 0.846. The van der Waals surface area contributed by atoms with Crippen LogP contribution in [0.2, 0.25) is 5.02 Å². The fourth-order valence-corrected chi connectivity index (χ4v) is 3.85. The molecule has 0 aromatic heterocycles. The van der Waals surface area contributed by atoms with E-state index < -0.39 is 26.3 Å². The first-order chi connectivity index (χ1) is 10.2. The Labute approximate surface area is 134 Å². The standard InChI is InChI=1S/C15H17ClFNO3S/c1-15(2,14(19)18-9-3-4-12(17)10-18)22(20,21)13-7-5-11(16)6-8-13/h4-8H,3,9-10H2,1-2H3. The molecule has 0 fully saturated rings. The van der Waals surface area contributed by atoms with Gasteiger partial charge in [0.2, 0.25) is 5.91 Å². The molecule has 1 amide bonds. The summed E-state index contributed by atoms with van der Waals surface area (Å²) in [5.41, 5.74) is 0. The lowest BCUT2D eigenvalue weighted by Gasteiger charge is -2.32. The second-order valence-corrected chi connectivity index (χ2v) is 8.57. The maximum atomic E-state index is 13.3. The third-order valence-corrected chi connectivity index (χ3v) is 6.37. The van der Waals surface area contributed by atoms with E-state index in [1.165, 1.54) is 49.1 Å². The van der Waals surface area contributed by atoms with Gasteiger partial charge in [-0.25, -0.2) is 12.8 Å². The highest BCUT2D eigenvalue weighted by Crippen LogP contribution is 2.29. The van der Waals surface area contributed by atoms with Crippen LogP contribution in [0.1, 0.15) is 20.3 Å². The summed E-state index contributed by atoms with van der Waals surface area (Å²) in [6.07, 6.45) is 1.79. The fourth-order valence-electron chi connectivity index (χ4n) is 2.28. The molecule has 0 unspecified atom stereocenters. The number of hydrogen-bond acceptors (Lipinski definition) is 3. The molecule has 0 aliphatic carbocycles. The first-order valence-electron chi connectivity index (χ1n) is 6.80. The van der Waals surface area contributed by atoms with Crippen molar-refractivity contribution < 1.29 is 17.6 Å². The molecule has 1 aliphatic heterocycles. The van der Waals surface area contributed by atoms with Crippen LogP contribution in [0.25, 0.3) is 0 Å². The Morgan fingerprint density at radius 3 is 2.41 bits per heavy atom. The highest BCUT2D eigenvalue weighted by atomic mass is 35.5. The summed E-state index contributed by atoms with van der Waals surface area (Å²) in [5, 5.41) is 0.409. The van der Waals surface area contributed by atoms with Crippen LogP contribution in [0, 0.1) is 0 Å². The van der Waals surface area contributed by atoms with Crippen molar-refractivity contribution >= 4 is 27.3 Å². The summed E-state index contributed by atoms with van der Waals surface area (Å²) in [7, 11) is -3.91. The molecule has 22 heavy (non-hydrogen) atoms. The molecule has 7 heteroatoms. The second kappa shape index (κ2) is 6.01. The average molecular weight is 346 g/mol. The summed E-state index contributed by atoms with van der Waals surface area (Å²) >= 11 is 5.76. The van der Waals surface area contributed by atoms with E-state index in [0.717, 1.165) is 0 Å². The lowest BCUT2D eigenvalue weighted by molar-refractivity contribution is -0.133. The van der Waals surface area contributed by atoms with Crippen LogP contribution in [-0.4, -0.2) is 37.1 Å². The first-order valence-corrected chi connectivity index (χ1v) is 8.66. The zero-order valence-corrected chi connectivity index (χ0v) is 13.9. The molecule has 1 heterocycles. The SMILES string of the molecule is CC(C)(C(=O)N1CCC=C(F)C1)S(=O)(=O)c1ccc(Cl)cc1. The van der Waals surface area contributed by atoms with E-state index in [2.05, 4.69) is 0 Å². The molecule has 0 spiro atoms. The average Bonchev–Trinajstić information content (AvgIpc) is 2.46. The van der Waals surface area contributed by atoms with Crippen molar-refractivity contribution in [2.45, 2.75) is 29.9 Å². The molecule has 1 aromatic carbocycles. The number of amides is 1. The molecule has 120 valence electrons. The molecule has 0 N–H and O–H groups in total. The number of hydrogen-bond donors (Lipinski definition) is 0. The summed E-state index contributed by atoms with van der Waals surface area (Å²) in [5.74, 6) is -1.02. The zero-order chi connectivity index (χ0) is 16.5. The van der Waals surface area contributed by atoms with Crippen LogP contribution in [0.3, 0.4) is 0 Å². The van der Waals surface area contributed by atoms with E-state index in [0.29, 0.717) is 18.0 Å². The van der Waals surface area contributed by atoms with E-state index in [1.807, 2.05) is 0 Å². The topological polar surface area (TPSA) is 54.5 Å². The molecule has 1 aromatic rings. The molecule has 0 radical (unpaired) electrons. The normalized spacial score (nSPS) is 16.4. The van der Waals surface area contributed by atoms with Gasteiger partial charge in [0, 0.05) is 11.6 Å². The third-order valence-electron chi connectivity index (χ3n) is 3.70. The third kappa shape index (κ3) is 3.03. The van der Waals surface area contributed by atoms with Crippen molar-refractivity contribution in [3.63, 3.8) is 0 Å². The first kappa shape index (κ1) is 17.0. The number of rotatable bonds is 3. The minimum Gasteiger partial charge on any atom is -0.334 e. The molecule has 2 rings (SSSR count). The summed E-state index contributed by atoms with van der Waals surface area (Å²) in [6.45, 7) is 2.81. The van der Waals surface area contributed by atoms with Crippen LogP contribution < -0.4 is 0 Å². The minimum absolute atomic E-state index is 0.0169. The van der Waals surface area contributed by atoms with E-state index in [-0.39, 0.29) is 11.4 Å². The monoisotopic (exact) mass is 345 g/mol. The molecule has 0 saturated heterocycles. The number of halogens is 2. The predicted molar refractivity (Wildman–Crippen MR) is 83.1 cm³/mol. The van der Waals surface area contributed by atoms with Crippen LogP contribution in [-0.2, 0) is 14.6 Å². The molecule has 0 saturated carbocycles. The maximum Gasteiger partial charge on any atom is 0.244 e. The summed E-state index contributed by atoms with van der Waals surface area (Å²) in [6, 6.07) is 5.64. The van der Waals surface area contributed by atoms with Gasteiger partial charge in [0.1, 0.15) is 10.6 Å². The number of benzene rings is 1. The molecular formula is C15H17ClFNO3S. The Balaban J connectivity index is 2.34. The zero-order valence-electron chi connectivity index (χ0n) is 12.3. The Morgan fingerprint density at radius 2 is 1.86 bits per heavy atom. The Hall–Kier alpha value is -1.40. The van der Waals surface area contributed by atoms with Crippen molar-refractivity contribution in [1.82, 2.24) is 4.90 Å². The van der Waals surface area contributed by atoms with Gasteiger partial charge < -0.3 is 4.90 Å². The van der Waals surface area contributed by atoms with Gasteiger partial charge >= 0.3 is 0 Å². The van der Waals surface area contributed by atoms with Gasteiger partial charge in [0.15, 0.2) is 9.84 Å². The highest BCUT2D eigenvalue weighted by molar-refractivity contribution is 7.93. The van der Waals surface area contributed by atoms with Crippen LogP contribution in [0.5, 0.6) is 0 Å². The van der Waals surface area contributed by atoms with Gasteiger partial charge in [0.25, 0.3) is 0 Å². The van der Waals surface area contributed by atoms with Gasteiger partial charge in [0.05, 0.1) is 11.4 Å². The van der Waals surface area contributed by atoms with Crippen molar-refractivity contribution in [2.75, 3.05) is 13.1 Å². The van der Waals surface area contributed by atoms with Gasteiger partial charge in [-0.1, -0.05) is 11.6 Å².